The molecule has 2 unspecified atom stereocenters. The number of nitrogens with zero attached hydrogens (tertiary/aromatic N) is 4. The van der Waals surface area contributed by atoms with E-state index in [1.165, 1.54) is 5.69 Å². The number of nitrogens with one attached hydrogen (secondary N) is 1. The van der Waals surface area contributed by atoms with Gasteiger partial charge >= 0.3 is 0 Å². The Kier molecular flexibility index (Phi) is 6.51. The van der Waals surface area contributed by atoms with E-state index in [1.807, 2.05) is 41.3 Å². The third-order valence-corrected chi connectivity index (χ3v) is 7.83. The molecule has 2 atom stereocenters. The number of ether oxygens (including phenoxy) is 1. The Morgan fingerprint density at radius 3 is 2.37 bits per heavy atom. The molecule has 0 spiro atoms. The van der Waals surface area contributed by atoms with E-state index in [1.54, 1.807) is 12.3 Å². The van der Waals surface area contributed by atoms with Gasteiger partial charge in [0.2, 0.25) is 0 Å². The third-order valence-electron chi connectivity index (χ3n) is 7.51. The molecule has 0 saturated carbocycles. The summed E-state index contributed by atoms with van der Waals surface area (Å²) in [6.07, 6.45) is 1.80. The Hall–Kier alpha value is -3.88. The fourth-order valence-electron chi connectivity index (χ4n) is 5.72. The fourth-order valence-corrected chi connectivity index (χ4v) is 6.06. The van der Waals surface area contributed by atoms with Crippen molar-refractivity contribution in [3.05, 3.63) is 102 Å². The average Bonchev–Trinajstić information content (AvgIpc) is 3.44. The summed E-state index contributed by atoms with van der Waals surface area (Å²) in [5.41, 5.74) is 7.29. The first-order valence-electron chi connectivity index (χ1n) is 12.9. The second-order valence-electron chi connectivity index (χ2n) is 9.76. The van der Waals surface area contributed by atoms with Crippen molar-refractivity contribution in [1.82, 2.24) is 14.9 Å². The van der Waals surface area contributed by atoms with Gasteiger partial charge in [-0.15, -0.1) is 0 Å². The van der Waals surface area contributed by atoms with Crippen molar-refractivity contribution in [3.8, 4) is 11.4 Å². The number of rotatable bonds is 5. The molecule has 2 N–H and O–H groups in total. The first-order valence-corrected chi connectivity index (χ1v) is 13.3. The van der Waals surface area contributed by atoms with Gasteiger partial charge in [-0.2, -0.15) is 0 Å². The Balaban J connectivity index is 1.43. The monoisotopic (exact) mass is 525 g/mol. The predicted octanol–water partition coefficient (Wildman–Crippen LogP) is 5.21. The van der Waals surface area contributed by atoms with Crippen LogP contribution in [0.4, 0.5) is 11.4 Å². The average molecular weight is 526 g/mol. The maximum atomic E-state index is 10.8. The predicted molar refractivity (Wildman–Crippen MR) is 154 cm³/mol. The number of anilines is 2. The van der Waals surface area contributed by atoms with Gasteiger partial charge in [0.25, 0.3) is 0 Å². The van der Waals surface area contributed by atoms with Crippen molar-refractivity contribution in [2.24, 2.45) is 0 Å². The molecule has 2 saturated heterocycles. The second kappa shape index (κ2) is 10.1. The summed E-state index contributed by atoms with van der Waals surface area (Å²) in [5, 5.41) is 14.8. The number of aromatic hydroxyl groups is 1. The molecule has 0 bridgehead atoms. The van der Waals surface area contributed by atoms with Crippen LogP contribution in [0.2, 0.25) is 0 Å². The number of pyridine rings is 1. The van der Waals surface area contributed by atoms with Crippen molar-refractivity contribution in [1.29, 1.82) is 0 Å². The van der Waals surface area contributed by atoms with E-state index < -0.39 is 0 Å². The van der Waals surface area contributed by atoms with Crippen LogP contribution in [0.25, 0.3) is 5.69 Å². The van der Waals surface area contributed by atoms with Crippen LogP contribution in [0.5, 0.6) is 5.75 Å². The molecule has 0 radical (unpaired) electrons. The third kappa shape index (κ3) is 4.29. The van der Waals surface area contributed by atoms with Gasteiger partial charge in [-0.3, -0.25) is 4.98 Å². The number of hydrogen-bond acceptors (Lipinski definition) is 5. The van der Waals surface area contributed by atoms with Crippen LogP contribution in [0, 0.1) is 13.8 Å². The zero-order chi connectivity index (χ0) is 26.2. The molecule has 2 aliphatic rings. The normalized spacial score (nSPS) is 19.6. The summed E-state index contributed by atoms with van der Waals surface area (Å²) in [7, 11) is 0. The molecule has 0 amide bonds. The van der Waals surface area contributed by atoms with Crippen molar-refractivity contribution in [3.63, 3.8) is 0 Å². The van der Waals surface area contributed by atoms with E-state index in [4.69, 9.17) is 17.0 Å². The molecule has 4 heterocycles. The molecule has 0 aliphatic carbocycles. The van der Waals surface area contributed by atoms with Crippen LogP contribution in [0.1, 0.15) is 34.7 Å². The number of aromatic nitrogens is 2. The zero-order valence-corrected chi connectivity index (χ0v) is 22.4. The van der Waals surface area contributed by atoms with E-state index >= 15 is 0 Å². The molecule has 6 rings (SSSR count). The van der Waals surface area contributed by atoms with Crippen molar-refractivity contribution in [2.45, 2.75) is 25.9 Å². The highest BCUT2D eigenvalue weighted by Gasteiger charge is 2.43. The lowest BCUT2D eigenvalue weighted by molar-refractivity contribution is 0.122. The van der Waals surface area contributed by atoms with Gasteiger partial charge in [-0.25, -0.2) is 0 Å². The smallest absolute Gasteiger partial charge is 0.174 e. The van der Waals surface area contributed by atoms with Crippen molar-refractivity contribution < 1.29 is 9.84 Å². The second-order valence-corrected chi connectivity index (χ2v) is 10.1. The SMILES string of the molecule is Cc1cc(C2C(c3ccccn3)NC(=S)N2c2ccccc2O)c(C)n1-c1ccc(N2CCOCC2)cc1. The highest BCUT2D eigenvalue weighted by molar-refractivity contribution is 7.80. The van der Waals surface area contributed by atoms with Gasteiger partial charge in [-0.1, -0.05) is 18.2 Å². The minimum absolute atomic E-state index is 0.180. The van der Waals surface area contributed by atoms with Crippen LogP contribution < -0.4 is 15.1 Å². The van der Waals surface area contributed by atoms with Gasteiger partial charge in [0.1, 0.15) is 5.75 Å². The minimum Gasteiger partial charge on any atom is -0.506 e. The molecular formula is C30H31N5O2S. The summed E-state index contributed by atoms with van der Waals surface area (Å²) in [5.74, 6) is 0.191. The topological polar surface area (TPSA) is 65.8 Å². The Bertz CT molecular complexity index is 1450. The van der Waals surface area contributed by atoms with E-state index in [0.29, 0.717) is 10.8 Å². The fraction of sp³-hybridized carbons (Fsp3) is 0.267. The van der Waals surface area contributed by atoms with E-state index in [0.717, 1.165) is 54.6 Å². The van der Waals surface area contributed by atoms with Crippen molar-refractivity contribution >= 4 is 28.7 Å². The highest BCUT2D eigenvalue weighted by atomic mass is 32.1. The van der Waals surface area contributed by atoms with E-state index in [-0.39, 0.29) is 17.8 Å². The van der Waals surface area contributed by atoms with Crippen LogP contribution in [0.3, 0.4) is 0 Å². The number of phenols is 1. The standard InChI is InChI=1S/C30H31N5O2S/c1-20-19-24(21(2)34(20)23-12-10-22(11-13-23)33-15-17-37-18-16-33)29-28(25-7-5-6-14-31-25)32-30(38)35(29)26-8-3-4-9-27(26)36/h3-14,19,28-29,36H,15-18H2,1-2H3,(H,32,38). The number of thiocarbonyl (C=S) groups is 1. The van der Waals surface area contributed by atoms with E-state index in [9.17, 15) is 5.11 Å². The number of aryl methyl sites for hydroxylation is 1. The number of benzene rings is 2. The molecule has 4 aromatic rings. The Morgan fingerprint density at radius 2 is 1.66 bits per heavy atom. The first-order chi connectivity index (χ1) is 18.5. The largest absolute Gasteiger partial charge is 0.506 e. The number of para-hydroxylation sites is 2. The molecule has 2 fully saturated rings. The van der Waals surface area contributed by atoms with Crippen LogP contribution >= 0.6 is 12.2 Å². The van der Waals surface area contributed by atoms with Gasteiger partial charge in [0, 0.05) is 42.0 Å². The lowest BCUT2D eigenvalue weighted by Gasteiger charge is -2.29. The molecule has 2 aliphatic heterocycles. The summed E-state index contributed by atoms with van der Waals surface area (Å²) >= 11 is 5.84. The maximum Gasteiger partial charge on any atom is 0.174 e. The molecule has 194 valence electrons. The quantitative estimate of drug-likeness (QED) is 0.347. The first kappa shape index (κ1) is 24.5. The number of hydrogen-bond donors (Lipinski definition) is 2. The lowest BCUT2D eigenvalue weighted by Crippen LogP contribution is -2.36. The molecule has 7 nitrogen and oxygen atoms in total. The number of phenolic OH excluding ortho intramolecular Hbond substituents is 1. The number of morpholine rings is 1. The summed E-state index contributed by atoms with van der Waals surface area (Å²) < 4.78 is 7.80. The zero-order valence-electron chi connectivity index (χ0n) is 21.5. The lowest BCUT2D eigenvalue weighted by atomic mass is 9.96. The molecule has 8 heteroatoms. The Labute approximate surface area is 228 Å². The van der Waals surface area contributed by atoms with Gasteiger partial charge in [0.15, 0.2) is 5.11 Å². The molecular weight excluding hydrogens is 494 g/mol. The van der Waals surface area contributed by atoms with Gasteiger partial charge in [-0.05, 0) is 86.2 Å². The van der Waals surface area contributed by atoms with Gasteiger partial charge < -0.3 is 29.5 Å². The summed E-state index contributed by atoms with van der Waals surface area (Å²) in [6, 6.07) is 23.9. The minimum atomic E-state index is -0.196. The van der Waals surface area contributed by atoms with Crippen molar-refractivity contribution in [2.75, 3.05) is 36.1 Å². The summed E-state index contributed by atoms with van der Waals surface area (Å²) in [4.78, 5) is 9.05. The molecule has 2 aromatic heterocycles. The van der Waals surface area contributed by atoms with Crippen LogP contribution in [0.15, 0.2) is 79.0 Å². The molecule has 2 aromatic carbocycles. The highest BCUT2D eigenvalue weighted by Crippen LogP contribution is 2.45. The Morgan fingerprint density at radius 1 is 0.947 bits per heavy atom. The maximum absolute atomic E-state index is 10.8. The van der Waals surface area contributed by atoms with Crippen LogP contribution in [-0.2, 0) is 4.74 Å². The molecule has 38 heavy (non-hydrogen) atoms. The van der Waals surface area contributed by atoms with Gasteiger partial charge in [0.05, 0.1) is 36.7 Å². The van der Waals surface area contributed by atoms with Crippen LogP contribution in [-0.4, -0.2) is 46.1 Å². The van der Waals surface area contributed by atoms with E-state index in [2.05, 4.69) is 63.9 Å². The summed E-state index contributed by atoms with van der Waals surface area (Å²) in [6.45, 7) is 7.64.